The molecule has 6 heteroatoms. The lowest BCUT2D eigenvalue weighted by Crippen LogP contribution is -2.49. The number of para-hydroxylation sites is 2. The largest absolute Gasteiger partial charge is 0.482 e. The Hall–Kier alpha value is -2.52. The highest BCUT2D eigenvalue weighted by Crippen LogP contribution is 2.31. The van der Waals surface area contributed by atoms with Gasteiger partial charge < -0.3 is 14.4 Å². The van der Waals surface area contributed by atoms with Crippen LogP contribution in [0.15, 0.2) is 24.3 Å². The lowest BCUT2D eigenvalue weighted by Gasteiger charge is -2.34. The summed E-state index contributed by atoms with van der Waals surface area (Å²) in [6.45, 7) is 1.54. The van der Waals surface area contributed by atoms with E-state index in [9.17, 15) is 9.59 Å². The Morgan fingerprint density at radius 1 is 1.33 bits per heavy atom. The number of anilines is 1. The summed E-state index contributed by atoms with van der Waals surface area (Å²) in [7, 11) is 0. The number of piperidine rings is 1. The van der Waals surface area contributed by atoms with Crippen molar-refractivity contribution in [2.45, 2.75) is 18.9 Å². The molecule has 2 amide bonds. The van der Waals surface area contributed by atoms with E-state index in [1.165, 1.54) is 4.90 Å². The highest BCUT2D eigenvalue weighted by Gasteiger charge is 2.30. The van der Waals surface area contributed by atoms with Crippen molar-refractivity contribution in [3.05, 3.63) is 24.3 Å². The fourth-order valence-corrected chi connectivity index (χ4v) is 3.00. The van der Waals surface area contributed by atoms with Crippen LogP contribution in [0.4, 0.5) is 5.69 Å². The minimum atomic E-state index is -0.200. The number of amides is 2. The molecule has 0 radical (unpaired) electrons. The van der Waals surface area contributed by atoms with Crippen LogP contribution < -0.4 is 9.64 Å². The van der Waals surface area contributed by atoms with Gasteiger partial charge in [-0.2, -0.15) is 0 Å². The minimum absolute atomic E-state index is 0.0354. The number of nitrogens with zero attached hydrogens (tertiary/aromatic N) is 2. The normalized spacial score (nSPS) is 17.9. The van der Waals surface area contributed by atoms with Gasteiger partial charge in [0.1, 0.15) is 18.9 Å². The standard InChI is InChI=1S/C18H20N2O4/c1-2-11-23-14-7-9-19(10-8-14)17(21)12-20-15-5-3-4-6-16(15)24-13-18(20)22/h1,3-6,14H,7-13H2. The summed E-state index contributed by atoms with van der Waals surface area (Å²) in [5, 5.41) is 0. The Morgan fingerprint density at radius 2 is 2.08 bits per heavy atom. The molecule has 1 aromatic rings. The van der Waals surface area contributed by atoms with E-state index in [2.05, 4.69) is 5.92 Å². The van der Waals surface area contributed by atoms with Crippen molar-refractivity contribution in [2.24, 2.45) is 0 Å². The van der Waals surface area contributed by atoms with Gasteiger partial charge in [0.05, 0.1) is 11.8 Å². The zero-order valence-electron chi connectivity index (χ0n) is 13.4. The zero-order chi connectivity index (χ0) is 16.9. The molecule has 24 heavy (non-hydrogen) atoms. The van der Waals surface area contributed by atoms with Crippen molar-refractivity contribution < 1.29 is 19.1 Å². The van der Waals surface area contributed by atoms with Crippen LogP contribution in [0.5, 0.6) is 5.75 Å². The summed E-state index contributed by atoms with van der Waals surface area (Å²) in [6, 6.07) is 7.26. The molecule has 2 heterocycles. The number of hydrogen-bond acceptors (Lipinski definition) is 4. The summed E-state index contributed by atoms with van der Waals surface area (Å²) >= 11 is 0. The topological polar surface area (TPSA) is 59.1 Å². The molecule has 0 aliphatic carbocycles. The summed E-state index contributed by atoms with van der Waals surface area (Å²) in [6.07, 6.45) is 6.83. The van der Waals surface area contributed by atoms with Crippen LogP contribution >= 0.6 is 0 Å². The molecule has 3 rings (SSSR count). The molecule has 1 saturated heterocycles. The smallest absolute Gasteiger partial charge is 0.265 e. The molecule has 126 valence electrons. The molecule has 1 aromatic carbocycles. The van der Waals surface area contributed by atoms with E-state index in [1.54, 1.807) is 17.0 Å². The summed E-state index contributed by atoms with van der Waals surface area (Å²) in [4.78, 5) is 28.0. The first kappa shape index (κ1) is 16.3. The fourth-order valence-electron chi connectivity index (χ4n) is 3.00. The fraction of sp³-hybridized carbons (Fsp3) is 0.444. The van der Waals surface area contributed by atoms with Gasteiger partial charge in [0.15, 0.2) is 6.61 Å². The van der Waals surface area contributed by atoms with Gasteiger partial charge in [-0.1, -0.05) is 18.1 Å². The Balaban J connectivity index is 1.60. The predicted molar refractivity (Wildman–Crippen MR) is 88.7 cm³/mol. The van der Waals surface area contributed by atoms with E-state index in [4.69, 9.17) is 15.9 Å². The van der Waals surface area contributed by atoms with Crippen molar-refractivity contribution >= 4 is 17.5 Å². The van der Waals surface area contributed by atoms with Gasteiger partial charge in [-0.25, -0.2) is 0 Å². The first-order valence-electron chi connectivity index (χ1n) is 8.04. The van der Waals surface area contributed by atoms with E-state index in [0.717, 1.165) is 12.8 Å². The van der Waals surface area contributed by atoms with E-state index < -0.39 is 0 Å². The summed E-state index contributed by atoms with van der Waals surface area (Å²) in [5.74, 6) is 2.83. The van der Waals surface area contributed by atoms with E-state index in [-0.39, 0.29) is 31.1 Å². The molecule has 1 fully saturated rings. The Bertz CT molecular complexity index is 659. The number of benzene rings is 1. The third kappa shape index (κ3) is 3.52. The Labute approximate surface area is 141 Å². The van der Waals surface area contributed by atoms with Crippen molar-refractivity contribution in [2.75, 3.05) is 37.7 Å². The van der Waals surface area contributed by atoms with Crippen LogP contribution in [0, 0.1) is 12.3 Å². The monoisotopic (exact) mass is 328 g/mol. The first-order valence-corrected chi connectivity index (χ1v) is 8.04. The van der Waals surface area contributed by atoms with Crippen LogP contribution in [0.25, 0.3) is 0 Å². The lowest BCUT2D eigenvalue weighted by molar-refractivity contribution is -0.134. The summed E-state index contributed by atoms with van der Waals surface area (Å²) in [5.41, 5.74) is 0.648. The molecule has 6 nitrogen and oxygen atoms in total. The maximum atomic E-state index is 12.6. The van der Waals surface area contributed by atoms with E-state index in [1.807, 2.05) is 12.1 Å². The highest BCUT2D eigenvalue weighted by molar-refractivity contribution is 6.02. The second kappa shape index (κ2) is 7.37. The van der Waals surface area contributed by atoms with Gasteiger partial charge >= 0.3 is 0 Å². The van der Waals surface area contributed by atoms with E-state index >= 15 is 0 Å². The Kier molecular flexibility index (Phi) is 5.02. The predicted octanol–water partition coefficient (Wildman–Crippen LogP) is 1.05. The average Bonchev–Trinajstić information content (AvgIpc) is 2.62. The summed E-state index contributed by atoms with van der Waals surface area (Å²) < 4.78 is 10.9. The van der Waals surface area contributed by atoms with Crippen LogP contribution in [-0.2, 0) is 14.3 Å². The van der Waals surface area contributed by atoms with Crippen molar-refractivity contribution in [3.8, 4) is 18.1 Å². The molecule has 0 aromatic heterocycles. The highest BCUT2D eigenvalue weighted by atomic mass is 16.5. The number of carbonyl (C=O) groups is 2. The number of fused-ring (bicyclic) bond motifs is 1. The third-order valence-electron chi connectivity index (χ3n) is 4.30. The number of hydrogen-bond donors (Lipinski definition) is 0. The quantitative estimate of drug-likeness (QED) is 0.775. The maximum Gasteiger partial charge on any atom is 0.265 e. The van der Waals surface area contributed by atoms with Gasteiger partial charge in [0.25, 0.3) is 5.91 Å². The van der Waals surface area contributed by atoms with Crippen molar-refractivity contribution in [1.82, 2.24) is 4.90 Å². The Morgan fingerprint density at radius 3 is 2.83 bits per heavy atom. The molecule has 0 bridgehead atoms. The molecule has 0 saturated carbocycles. The lowest BCUT2D eigenvalue weighted by atomic mass is 10.1. The zero-order valence-corrected chi connectivity index (χ0v) is 13.4. The maximum absolute atomic E-state index is 12.6. The molecule has 0 atom stereocenters. The van der Waals surface area contributed by atoms with Crippen LogP contribution in [0.2, 0.25) is 0 Å². The molecule has 2 aliphatic heterocycles. The van der Waals surface area contributed by atoms with Crippen LogP contribution in [0.1, 0.15) is 12.8 Å². The van der Waals surface area contributed by atoms with Crippen molar-refractivity contribution in [1.29, 1.82) is 0 Å². The minimum Gasteiger partial charge on any atom is -0.482 e. The SMILES string of the molecule is C#CCOC1CCN(C(=O)CN2C(=O)COc3ccccc32)CC1. The van der Waals surface area contributed by atoms with Gasteiger partial charge in [-0.3, -0.25) is 14.5 Å². The second-order valence-corrected chi connectivity index (χ2v) is 5.83. The number of terminal acetylenes is 1. The van der Waals surface area contributed by atoms with Crippen molar-refractivity contribution in [3.63, 3.8) is 0 Å². The number of ether oxygens (including phenoxy) is 2. The molecule has 0 spiro atoms. The number of rotatable bonds is 4. The van der Waals surface area contributed by atoms with Gasteiger partial charge in [-0.15, -0.1) is 6.42 Å². The first-order chi connectivity index (χ1) is 11.7. The van der Waals surface area contributed by atoms with Crippen LogP contribution in [-0.4, -0.2) is 55.7 Å². The van der Waals surface area contributed by atoms with Gasteiger partial charge in [0, 0.05) is 13.1 Å². The molecular formula is C18H20N2O4. The van der Waals surface area contributed by atoms with Crippen LogP contribution in [0.3, 0.4) is 0 Å². The molecule has 0 N–H and O–H groups in total. The molecule has 0 unspecified atom stereocenters. The third-order valence-corrected chi connectivity index (χ3v) is 4.30. The molecular weight excluding hydrogens is 308 g/mol. The second-order valence-electron chi connectivity index (χ2n) is 5.83. The number of likely N-dealkylation sites (tertiary alicyclic amines) is 1. The van der Waals surface area contributed by atoms with Gasteiger partial charge in [0.2, 0.25) is 5.91 Å². The van der Waals surface area contributed by atoms with Gasteiger partial charge in [-0.05, 0) is 25.0 Å². The molecule has 2 aliphatic rings. The average molecular weight is 328 g/mol. The number of carbonyl (C=O) groups excluding carboxylic acids is 2. The van der Waals surface area contributed by atoms with E-state index in [0.29, 0.717) is 31.1 Å².